The summed E-state index contributed by atoms with van der Waals surface area (Å²) in [5.74, 6) is 0.0230. The summed E-state index contributed by atoms with van der Waals surface area (Å²) in [7, 11) is -3.69. The molecule has 1 aromatic heterocycles. The van der Waals surface area contributed by atoms with E-state index in [1.807, 2.05) is 6.92 Å². The quantitative estimate of drug-likeness (QED) is 0.737. The van der Waals surface area contributed by atoms with Crippen molar-refractivity contribution in [2.45, 2.75) is 18.2 Å². The molecule has 2 aromatic rings. The van der Waals surface area contributed by atoms with E-state index < -0.39 is 15.9 Å². The third-order valence-electron chi connectivity index (χ3n) is 2.84. The number of amides is 1. The molecule has 0 spiro atoms. The first-order valence-electron chi connectivity index (χ1n) is 6.39. The first kappa shape index (κ1) is 15.2. The minimum absolute atomic E-state index is 0.119. The predicted octanol–water partition coefficient (Wildman–Crippen LogP) is 0.889. The number of H-pyrrole nitrogens is 1. The molecule has 3 N–H and O–H groups in total. The number of carbonyl (C=O) groups is 1. The summed E-state index contributed by atoms with van der Waals surface area (Å²) >= 11 is 0. The van der Waals surface area contributed by atoms with E-state index >= 15 is 0 Å². The number of nitrogens with zero attached hydrogens (tertiary/aromatic N) is 1. The number of aryl methyl sites for hydroxylation is 1. The molecule has 0 atom stereocenters. The van der Waals surface area contributed by atoms with E-state index in [0.29, 0.717) is 12.2 Å². The molecule has 1 aromatic carbocycles. The number of anilines is 1. The van der Waals surface area contributed by atoms with Crippen molar-refractivity contribution in [3.63, 3.8) is 0 Å². The Balaban J connectivity index is 1.95. The van der Waals surface area contributed by atoms with Crippen molar-refractivity contribution in [3.8, 4) is 0 Å². The van der Waals surface area contributed by atoms with Gasteiger partial charge in [0.2, 0.25) is 15.9 Å². The normalized spacial score (nSPS) is 11.3. The topological polar surface area (TPSA) is 104 Å². The lowest BCUT2D eigenvalue weighted by atomic mass is 10.2. The average Bonchev–Trinajstić information content (AvgIpc) is 2.93. The van der Waals surface area contributed by atoms with Crippen LogP contribution in [0.5, 0.6) is 0 Å². The van der Waals surface area contributed by atoms with Crippen molar-refractivity contribution < 1.29 is 13.2 Å². The van der Waals surface area contributed by atoms with Gasteiger partial charge in [0, 0.05) is 5.56 Å². The zero-order valence-corrected chi connectivity index (χ0v) is 12.3. The van der Waals surface area contributed by atoms with Gasteiger partial charge in [0.25, 0.3) is 0 Å². The van der Waals surface area contributed by atoms with E-state index in [1.165, 1.54) is 12.1 Å². The fraction of sp³-hybridized carbons (Fsp3) is 0.231. The summed E-state index contributed by atoms with van der Waals surface area (Å²) in [6.07, 6.45) is 2.33. The van der Waals surface area contributed by atoms with Crippen molar-refractivity contribution in [1.82, 2.24) is 14.9 Å². The van der Waals surface area contributed by atoms with Gasteiger partial charge in [0.15, 0.2) is 0 Å². The molecule has 0 fully saturated rings. The Labute approximate surface area is 122 Å². The minimum Gasteiger partial charge on any atom is -0.310 e. The summed E-state index contributed by atoms with van der Waals surface area (Å²) < 4.78 is 26.2. The number of aromatic nitrogens is 2. The van der Waals surface area contributed by atoms with Gasteiger partial charge in [-0.05, 0) is 18.6 Å². The van der Waals surface area contributed by atoms with Crippen molar-refractivity contribution in [3.05, 3.63) is 42.1 Å². The summed E-state index contributed by atoms with van der Waals surface area (Å²) in [6, 6.07) is 7.88. The lowest BCUT2D eigenvalue weighted by Gasteiger charge is -2.07. The highest BCUT2D eigenvalue weighted by molar-refractivity contribution is 7.89. The Morgan fingerprint density at radius 1 is 1.29 bits per heavy atom. The Kier molecular flexibility index (Phi) is 4.71. The molecule has 8 heteroatoms. The number of hydrogen-bond acceptors (Lipinski definition) is 4. The van der Waals surface area contributed by atoms with E-state index in [1.54, 1.807) is 24.4 Å². The monoisotopic (exact) mass is 308 g/mol. The molecule has 112 valence electrons. The van der Waals surface area contributed by atoms with Crippen LogP contribution in [0.4, 0.5) is 5.82 Å². The maximum absolute atomic E-state index is 12.0. The van der Waals surface area contributed by atoms with Crippen LogP contribution in [0.1, 0.15) is 12.5 Å². The molecule has 0 bridgehead atoms. The first-order valence-corrected chi connectivity index (χ1v) is 7.88. The summed E-state index contributed by atoms with van der Waals surface area (Å²) in [5, 5.41) is 9.06. The molecular weight excluding hydrogens is 292 g/mol. The third-order valence-corrected chi connectivity index (χ3v) is 4.26. The van der Waals surface area contributed by atoms with Crippen LogP contribution in [-0.4, -0.2) is 31.1 Å². The minimum atomic E-state index is -3.69. The van der Waals surface area contributed by atoms with Crippen LogP contribution in [0.2, 0.25) is 0 Å². The molecule has 0 unspecified atom stereocenters. The fourth-order valence-electron chi connectivity index (χ4n) is 1.71. The molecule has 1 amide bonds. The zero-order valence-electron chi connectivity index (χ0n) is 11.5. The second-order valence-electron chi connectivity index (χ2n) is 4.31. The average molecular weight is 308 g/mol. The molecule has 7 nitrogen and oxygen atoms in total. The van der Waals surface area contributed by atoms with Gasteiger partial charge in [-0.25, -0.2) is 13.1 Å². The predicted molar refractivity (Wildman–Crippen MR) is 78.2 cm³/mol. The molecule has 2 rings (SSSR count). The van der Waals surface area contributed by atoms with E-state index in [4.69, 9.17) is 0 Å². The van der Waals surface area contributed by atoms with Crippen LogP contribution in [0.15, 0.2) is 41.4 Å². The maximum atomic E-state index is 12.0. The second-order valence-corrected chi connectivity index (χ2v) is 6.08. The third kappa shape index (κ3) is 3.89. The Morgan fingerprint density at radius 2 is 2.00 bits per heavy atom. The number of sulfonamides is 1. The summed E-state index contributed by atoms with van der Waals surface area (Å²) in [4.78, 5) is 11.9. The maximum Gasteiger partial charge on any atom is 0.241 e. The highest BCUT2D eigenvalue weighted by atomic mass is 32.2. The van der Waals surface area contributed by atoms with Gasteiger partial charge in [-0.3, -0.25) is 9.89 Å². The number of nitrogens with one attached hydrogen (secondary N) is 3. The van der Waals surface area contributed by atoms with Crippen LogP contribution >= 0.6 is 0 Å². The van der Waals surface area contributed by atoms with E-state index in [0.717, 1.165) is 5.56 Å². The summed E-state index contributed by atoms with van der Waals surface area (Å²) in [5.41, 5.74) is 0.856. The molecular formula is C13H16N4O3S. The standard InChI is InChI=1S/C13H16N4O3S/c1-2-10-8-14-17-13(10)16-12(18)9-15-21(19,20)11-6-4-3-5-7-11/h3-8,15H,2,9H2,1H3,(H2,14,16,17,18). The van der Waals surface area contributed by atoms with Crippen LogP contribution in [-0.2, 0) is 21.2 Å². The number of benzene rings is 1. The molecule has 21 heavy (non-hydrogen) atoms. The Bertz CT molecular complexity index is 710. The Morgan fingerprint density at radius 3 is 2.67 bits per heavy atom. The smallest absolute Gasteiger partial charge is 0.241 e. The molecule has 0 radical (unpaired) electrons. The zero-order chi connectivity index (χ0) is 15.3. The summed E-state index contributed by atoms with van der Waals surface area (Å²) in [6.45, 7) is 1.58. The molecule has 0 aliphatic carbocycles. The second kappa shape index (κ2) is 6.51. The van der Waals surface area contributed by atoms with Gasteiger partial charge in [-0.2, -0.15) is 5.10 Å². The van der Waals surface area contributed by atoms with Crippen LogP contribution in [0.3, 0.4) is 0 Å². The first-order chi connectivity index (χ1) is 10.0. The van der Waals surface area contributed by atoms with Gasteiger partial charge in [0.05, 0.1) is 17.6 Å². The van der Waals surface area contributed by atoms with Gasteiger partial charge in [-0.1, -0.05) is 25.1 Å². The van der Waals surface area contributed by atoms with Crippen molar-refractivity contribution in [1.29, 1.82) is 0 Å². The molecule has 0 saturated carbocycles. The highest BCUT2D eigenvalue weighted by Gasteiger charge is 2.15. The van der Waals surface area contributed by atoms with Gasteiger partial charge < -0.3 is 5.32 Å². The number of rotatable bonds is 6. The lowest BCUT2D eigenvalue weighted by molar-refractivity contribution is -0.115. The van der Waals surface area contributed by atoms with Gasteiger partial charge in [-0.15, -0.1) is 0 Å². The number of carbonyl (C=O) groups excluding carboxylic acids is 1. The van der Waals surface area contributed by atoms with E-state index in [-0.39, 0.29) is 11.4 Å². The lowest BCUT2D eigenvalue weighted by Crippen LogP contribution is -2.33. The van der Waals surface area contributed by atoms with Gasteiger partial charge in [0.1, 0.15) is 5.82 Å². The van der Waals surface area contributed by atoms with Crippen LogP contribution in [0.25, 0.3) is 0 Å². The molecule has 0 aliphatic heterocycles. The van der Waals surface area contributed by atoms with Crippen molar-refractivity contribution in [2.24, 2.45) is 0 Å². The van der Waals surface area contributed by atoms with Gasteiger partial charge >= 0.3 is 0 Å². The molecule has 0 saturated heterocycles. The van der Waals surface area contributed by atoms with E-state index in [2.05, 4.69) is 20.2 Å². The highest BCUT2D eigenvalue weighted by Crippen LogP contribution is 2.11. The SMILES string of the molecule is CCc1cn[nH]c1NC(=O)CNS(=O)(=O)c1ccccc1. The number of hydrogen-bond donors (Lipinski definition) is 3. The van der Waals surface area contributed by atoms with Crippen LogP contribution < -0.4 is 10.0 Å². The fourth-order valence-corrected chi connectivity index (χ4v) is 2.72. The van der Waals surface area contributed by atoms with Crippen molar-refractivity contribution in [2.75, 3.05) is 11.9 Å². The largest absolute Gasteiger partial charge is 0.310 e. The molecule has 0 aliphatic rings. The Hall–Kier alpha value is -2.19. The van der Waals surface area contributed by atoms with E-state index in [9.17, 15) is 13.2 Å². The molecule has 1 heterocycles. The number of aromatic amines is 1. The van der Waals surface area contributed by atoms with Crippen molar-refractivity contribution >= 4 is 21.7 Å². The van der Waals surface area contributed by atoms with Crippen LogP contribution in [0, 0.1) is 0 Å².